The molecule has 10 heavy (non-hydrogen) atoms. The molecule has 0 bridgehead atoms. The van der Waals surface area contributed by atoms with E-state index in [1.165, 1.54) is 0 Å². The summed E-state index contributed by atoms with van der Waals surface area (Å²) >= 11 is 0. The average Bonchev–Trinajstić information content (AvgIpc) is 1.19. The standard InChI is InChI=1S/C5H12.C3H8N.CH4/c1-5(2,3)4;1-4(2)3;/h1-4H3;1H2,2-3H3;1H4/q;+1;. The number of hydrogen-bond donors (Lipinski definition) is 0. The normalized spacial score (nSPS) is 8.60. The van der Waals surface area contributed by atoms with Crippen molar-refractivity contribution >= 4 is 6.72 Å². The number of rotatable bonds is 0. The molecule has 0 rings (SSSR count). The lowest BCUT2D eigenvalue weighted by molar-refractivity contribution is -0.454. The van der Waals surface area contributed by atoms with Crippen LogP contribution in [-0.4, -0.2) is 25.4 Å². The van der Waals surface area contributed by atoms with Crippen molar-refractivity contribution in [1.29, 1.82) is 0 Å². The van der Waals surface area contributed by atoms with Gasteiger partial charge < -0.3 is 0 Å². The first-order valence-corrected chi connectivity index (χ1v) is 3.21. The molecule has 64 valence electrons. The Hall–Kier alpha value is -0.330. The first-order chi connectivity index (χ1) is 3.73. The summed E-state index contributed by atoms with van der Waals surface area (Å²) in [4.78, 5) is 0. The molecule has 0 aromatic heterocycles. The van der Waals surface area contributed by atoms with Crippen LogP contribution in [0.15, 0.2) is 0 Å². The molecule has 0 atom stereocenters. The predicted octanol–water partition coefficient (Wildman–Crippen LogP) is 2.65. The molecule has 0 amide bonds. The van der Waals surface area contributed by atoms with E-state index in [1.807, 2.05) is 14.1 Å². The smallest absolute Gasteiger partial charge is 0.131 e. The molecule has 1 nitrogen and oxygen atoms in total. The Balaban J connectivity index is -0.0000000910. The molecule has 0 aromatic rings. The maximum absolute atomic E-state index is 3.47. The van der Waals surface area contributed by atoms with Crippen molar-refractivity contribution in [3.63, 3.8) is 0 Å². The molecule has 0 aromatic carbocycles. The van der Waals surface area contributed by atoms with Gasteiger partial charge in [0.25, 0.3) is 0 Å². The summed E-state index contributed by atoms with van der Waals surface area (Å²) in [6.07, 6.45) is 0. The average molecular weight is 146 g/mol. The van der Waals surface area contributed by atoms with E-state index in [4.69, 9.17) is 0 Å². The lowest BCUT2D eigenvalue weighted by Gasteiger charge is -2.05. The molecule has 1 heteroatoms. The summed E-state index contributed by atoms with van der Waals surface area (Å²) in [5, 5.41) is 0. The fourth-order valence-electron chi connectivity index (χ4n) is 0. The fraction of sp³-hybridized carbons (Fsp3) is 0.889. The van der Waals surface area contributed by atoms with E-state index in [0.29, 0.717) is 5.41 Å². The second-order valence-corrected chi connectivity index (χ2v) is 4.08. The maximum Gasteiger partial charge on any atom is 0.131 e. The second-order valence-electron chi connectivity index (χ2n) is 4.08. The van der Waals surface area contributed by atoms with Gasteiger partial charge in [0.05, 0.1) is 0 Å². The molecule has 0 aliphatic heterocycles. The van der Waals surface area contributed by atoms with E-state index < -0.39 is 0 Å². The molecule has 0 unspecified atom stereocenters. The summed E-state index contributed by atoms with van der Waals surface area (Å²) < 4.78 is 1.75. The lowest BCUT2D eigenvalue weighted by Crippen LogP contribution is -1.93. The van der Waals surface area contributed by atoms with E-state index in [1.54, 1.807) is 4.58 Å². The predicted molar refractivity (Wildman–Crippen MR) is 51.1 cm³/mol. The fourth-order valence-corrected chi connectivity index (χ4v) is 0. The van der Waals surface area contributed by atoms with Crippen molar-refractivity contribution in [1.82, 2.24) is 0 Å². The van der Waals surface area contributed by atoms with Crippen LogP contribution >= 0.6 is 0 Å². The van der Waals surface area contributed by atoms with Crippen molar-refractivity contribution < 1.29 is 4.58 Å². The highest BCUT2D eigenvalue weighted by Gasteiger charge is 1.95. The molecule has 0 heterocycles. The third kappa shape index (κ3) is 3130. The Kier molecular flexibility index (Phi) is 11.1. The lowest BCUT2D eigenvalue weighted by atomic mass is 10.0. The van der Waals surface area contributed by atoms with E-state index in [-0.39, 0.29) is 7.43 Å². The van der Waals surface area contributed by atoms with Gasteiger partial charge in [-0.25, -0.2) is 4.58 Å². The van der Waals surface area contributed by atoms with Gasteiger partial charge in [-0.2, -0.15) is 0 Å². The second kappa shape index (κ2) is 6.79. The molecule has 0 radical (unpaired) electrons. The monoisotopic (exact) mass is 146 g/mol. The third-order valence-corrected chi connectivity index (χ3v) is 0. The molecule has 0 aliphatic rings. The Morgan fingerprint density at radius 3 is 1.00 bits per heavy atom. The molecule has 0 saturated heterocycles. The first kappa shape index (κ1) is 16.3. The van der Waals surface area contributed by atoms with Gasteiger partial charge in [-0.1, -0.05) is 35.1 Å². The van der Waals surface area contributed by atoms with Crippen molar-refractivity contribution in [3.05, 3.63) is 0 Å². The van der Waals surface area contributed by atoms with Gasteiger partial charge in [0.2, 0.25) is 0 Å². The van der Waals surface area contributed by atoms with Crippen molar-refractivity contribution in [2.75, 3.05) is 14.1 Å². The Bertz CT molecular complexity index is 67.2. The highest BCUT2D eigenvalue weighted by molar-refractivity contribution is 5.13. The molecule has 0 spiro atoms. The van der Waals surface area contributed by atoms with Gasteiger partial charge in [0.15, 0.2) is 0 Å². The molecule has 0 saturated carbocycles. The molecule has 0 aliphatic carbocycles. The van der Waals surface area contributed by atoms with Crippen molar-refractivity contribution in [2.45, 2.75) is 35.1 Å². The van der Waals surface area contributed by atoms with Gasteiger partial charge >= 0.3 is 0 Å². The van der Waals surface area contributed by atoms with Crippen LogP contribution in [0.2, 0.25) is 0 Å². The van der Waals surface area contributed by atoms with Gasteiger partial charge in [-0.15, -0.1) is 0 Å². The minimum absolute atomic E-state index is 0. The highest BCUT2D eigenvalue weighted by atomic mass is 14.9. The summed E-state index contributed by atoms with van der Waals surface area (Å²) in [5.74, 6) is 0. The zero-order chi connectivity index (χ0) is 8.08. The van der Waals surface area contributed by atoms with Crippen molar-refractivity contribution in [3.8, 4) is 0 Å². The Morgan fingerprint density at radius 1 is 1.00 bits per heavy atom. The number of nitrogens with zero attached hydrogens (tertiary/aromatic N) is 1. The molecular formula is C9H24N+. The van der Waals surface area contributed by atoms with Crippen LogP contribution in [0, 0.1) is 5.41 Å². The molecule has 0 fully saturated rings. The topological polar surface area (TPSA) is 3.01 Å². The third-order valence-electron chi connectivity index (χ3n) is 0. The van der Waals surface area contributed by atoms with Crippen LogP contribution < -0.4 is 0 Å². The zero-order valence-electron chi connectivity index (χ0n) is 7.65. The van der Waals surface area contributed by atoms with E-state index in [2.05, 4.69) is 34.4 Å². The van der Waals surface area contributed by atoms with Crippen LogP contribution in [0.4, 0.5) is 0 Å². The van der Waals surface area contributed by atoms with E-state index >= 15 is 0 Å². The Morgan fingerprint density at radius 2 is 1.00 bits per heavy atom. The van der Waals surface area contributed by atoms with Crippen molar-refractivity contribution in [2.24, 2.45) is 5.41 Å². The number of hydrogen-bond acceptors (Lipinski definition) is 0. The van der Waals surface area contributed by atoms with Crippen LogP contribution in [0.25, 0.3) is 0 Å². The SMILES string of the molecule is C.C=[N+](C)C.CC(C)(C)C. The van der Waals surface area contributed by atoms with Gasteiger partial charge in [0.1, 0.15) is 20.8 Å². The summed E-state index contributed by atoms with van der Waals surface area (Å²) in [7, 11) is 3.78. The van der Waals surface area contributed by atoms with Crippen LogP contribution in [0.3, 0.4) is 0 Å². The van der Waals surface area contributed by atoms with Gasteiger partial charge in [0, 0.05) is 0 Å². The largest absolute Gasteiger partial charge is 0.248 e. The summed E-state index contributed by atoms with van der Waals surface area (Å²) in [6.45, 7) is 12.2. The summed E-state index contributed by atoms with van der Waals surface area (Å²) in [6, 6.07) is 0. The van der Waals surface area contributed by atoms with Crippen LogP contribution in [-0.2, 0) is 0 Å². The molecular weight excluding hydrogens is 122 g/mol. The quantitative estimate of drug-likeness (QED) is 0.365. The summed E-state index contributed by atoms with van der Waals surface area (Å²) in [5.41, 5.74) is 0.500. The van der Waals surface area contributed by atoms with Crippen LogP contribution in [0.1, 0.15) is 35.1 Å². The van der Waals surface area contributed by atoms with E-state index in [0.717, 1.165) is 0 Å². The maximum atomic E-state index is 3.47. The Labute approximate surface area is 66.8 Å². The highest BCUT2D eigenvalue weighted by Crippen LogP contribution is 2.07. The zero-order valence-corrected chi connectivity index (χ0v) is 7.65. The first-order valence-electron chi connectivity index (χ1n) is 3.21. The minimum atomic E-state index is 0. The van der Waals surface area contributed by atoms with Gasteiger partial charge in [-0.05, 0) is 5.41 Å². The van der Waals surface area contributed by atoms with Crippen LogP contribution in [0.5, 0.6) is 0 Å². The van der Waals surface area contributed by atoms with Gasteiger partial charge in [-0.3, -0.25) is 0 Å². The van der Waals surface area contributed by atoms with E-state index in [9.17, 15) is 0 Å². The minimum Gasteiger partial charge on any atom is -0.248 e. The molecule has 0 N–H and O–H groups in total.